The molecule has 0 aliphatic rings. The third kappa shape index (κ3) is 4.05. The average molecular weight is 528 g/mol. The van der Waals surface area contributed by atoms with Gasteiger partial charge in [0.25, 0.3) is 0 Å². The molecular weight excluding hydrogens is 526 g/mol. The molecule has 0 radical (unpaired) electrons. The van der Waals surface area contributed by atoms with Crippen LogP contribution < -0.4 is 0 Å². The quantitative estimate of drug-likeness (QED) is 0.418. The molecule has 12 heavy (non-hydrogen) atoms. The zero-order chi connectivity index (χ0) is 9.72. The highest BCUT2D eigenvalue weighted by atomic mass is 127. The number of rotatable bonds is 3. The van der Waals surface area contributed by atoms with Gasteiger partial charge < -0.3 is 6.13 Å². The number of carbonyl (C=O) groups is 2. The van der Waals surface area contributed by atoms with Gasteiger partial charge in [0.15, 0.2) is 46.0 Å². The van der Waals surface area contributed by atoms with Gasteiger partial charge in [-0.05, 0) is 0 Å². The third-order valence-corrected chi connectivity index (χ3v) is 4.24. The second kappa shape index (κ2) is 6.76. The Bertz CT molecular complexity index is 168. The van der Waals surface area contributed by atoms with Crippen molar-refractivity contribution in [3.63, 3.8) is 0 Å². The van der Waals surface area contributed by atoms with Gasteiger partial charge in [-0.15, -0.1) is 0 Å². The number of hydrogen-bond donors (Lipinski definition) is 0. The minimum absolute atomic E-state index is 0.542. The summed E-state index contributed by atoms with van der Waals surface area (Å²) >= 11 is 8.85. The van der Waals surface area contributed by atoms with Gasteiger partial charge in [-0.2, -0.15) is 0 Å². The van der Waals surface area contributed by atoms with Gasteiger partial charge in [0.1, 0.15) is 9.65 Å². The van der Waals surface area contributed by atoms with E-state index in [4.69, 9.17) is 0 Å². The lowest BCUT2D eigenvalue weighted by molar-refractivity contribution is -0.136. The van der Waals surface area contributed by atoms with Gasteiger partial charge in [-0.25, -0.2) is 0 Å². The third-order valence-electron chi connectivity index (χ3n) is 0.859. The van der Waals surface area contributed by atoms with E-state index in [0.29, 0.717) is 0 Å². The van der Waals surface area contributed by atoms with E-state index in [9.17, 15) is 9.59 Å². The van der Waals surface area contributed by atoms with Gasteiger partial charge >= 0.3 is 11.9 Å². The topological polar surface area (TPSA) is 52.6 Å². The summed E-state index contributed by atoms with van der Waals surface area (Å²) in [5.41, 5.74) is 0. The fraction of sp³-hybridized carbons (Fsp3) is 0.500. The molecule has 0 saturated heterocycles. The van der Waals surface area contributed by atoms with Crippen LogP contribution >= 0.6 is 77.9 Å². The average Bonchev–Trinajstić information content (AvgIpc) is 2.12. The van der Waals surface area contributed by atoms with Crippen molar-refractivity contribution in [3.05, 3.63) is 0 Å². The summed E-state index contributed by atoms with van der Waals surface area (Å²) in [4.78, 5) is 20.2. The van der Waals surface area contributed by atoms with Gasteiger partial charge in [0.2, 0.25) is 0 Å². The zero-order valence-electron chi connectivity index (χ0n) is 5.30. The summed E-state index contributed by atoms with van der Waals surface area (Å²) in [6.07, 6.45) is 0. The second-order valence-corrected chi connectivity index (χ2v) is 4.45. The molecule has 0 aromatic rings. The predicted molar refractivity (Wildman–Crippen MR) is 65.7 cm³/mol. The molecule has 0 fully saturated rings. The standard InChI is InChI=1S/C4H2Br2I2O4/c5-1(3(9)11-7)2(6)4(10)12-8/h1-2H. The van der Waals surface area contributed by atoms with Crippen molar-refractivity contribution in [2.45, 2.75) is 9.65 Å². The Balaban J connectivity index is 4.18. The SMILES string of the molecule is O=C(OI)C(Br)C(Br)C(=O)OI. The summed E-state index contributed by atoms with van der Waals surface area (Å²) in [5.74, 6) is -1.08. The summed E-state index contributed by atoms with van der Waals surface area (Å²) in [7, 11) is 0. The highest BCUT2D eigenvalue weighted by molar-refractivity contribution is 14.1. The van der Waals surface area contributed by atoms with Crippen molar-refractivity contribution in [1.29, 1.82) is 0 Å². The van der Waals surface area contributed by atoms with Crippen LogP contribution in [0.4, 0.5) is 0 Å². The number of halogens is 4. The molecule has 0 spiro atoms. The van der Waals surface area contributed by atoms with E-state index in [1.807, 2.05) is 0 Å². The first-order chi connectivity index (χ1) is 5.54. The number of carbonyl (C=O) groups excluding carboxylic acids is 2. The van der Waals surface area contributed by atoms with Crippen molar-refractivity contribution in [3.8, 4) is 0 Å². The molecule has 0 rings (SSSR count). The number of hydrogen-bond acceptors (Lipinski definition) is 4. The molecule has 0 N–H and O–H groups in total. The van der Waals surface area contributed by atoms with Crippen LogP contribution in [-0.4, -0.2) is 21.6 Å². The Morgan fingerprint density at radius 3 is 1.42 bits per heavy atom. The zero-order valence-corrected chi connectivity index (χ0v) is 12.8. The van der Waals surface area contributed by atoms with E-state index >= 15 is 0 Å². The Morgan fingerprint density at radius 2 is 1.25 bits per heavy atom. The molecule has 2 atom stereocenters. The van der Waals surface area contributed by atoms with Crippen LogP contribution in [0, 0.1) is 0 Å². The maximum atomic E-state index is 10.9. The van der Waals surface area contributed by atoms with Crippen LogP contribution in [-0.2, 0) is 15.7 Å². The lowest BCUT2D eigenvalue weighted by Crippen LogP contribution is -2.30. The smallest absolute Gasteiger partial charge is 0.330 e. The molecule has 4 nitrogen and oxygen atoms in total. The summed E-state index contributed by atoms with van der Waals surface area (Å²) in [6, 6.07) is 0. The monoisotopic (exact) mass is 526 g/mol. The molecule has 0 heterocycles. The molecule has 0 amide bonds. The van der Waals surface area contributed by atoms with Crippen molar-refractivity contribution < 1.29 is 15.7 Å². The molecule has 0 aliphatic heterocycles. The molecule has 2 unspecified atom stereocenters. The Hall–Kier alpha value is 1.36. The van der Waals surface area contributed by atoms with Crippen LogP contribution in [0.1, 0.15) is 0 Å². The lowest BCUT2D eigenvalue weighted by Gasteiger charge is -2.09. The van der Waals surface area contributed by atoms with Gasteiger partial charge in [0.05, 0.1) is 0 Å². The van der Waals surface area contributed by atoms with Crippen LogP contribution in [0.2, 0.25) is 0 Å². The van der Waals surface area contributed by atoms with Crippen LogP contribution in [0.25, 0.3) is 0 Å². The minimum Gasteiger partial charge on any atom is -0.394 e. The lowest BCUT2D eigenvalue weighted by atomic mass is 10.3. The van der Waals surface area contributed by atoms with Gasteiger partial charge in [-0.3, -0.25) is 9.59 Å². The van der Waals surface area contributed by atoms with Crippen molar-refractivity contribution in [2.75, 3.05) is 0 Å². The predicted octanol–water partition coefficient (Wildman–Crippen LogP) is 2.30. The molecular formula is C4H2Br2I2O4. The molecule has 70 valence electrons. The molecule has 0 aromatic heterocycles. The molecule has 0 aliphatic carbocycles. The Morgan fingerprint density at radius 1 is 1.00 bits per heavy atom. The minimum atomic E-state index is -0.739. The highest BCUT2D eigenvalue weighted by Gasteiger charge is 2.31. The molecule has 0 aromatic carbocycles. The Labute approximate surface area is 114 Å². The van der Waals surface area contributed by atoms with Gasteiger partial charge in [0, 0.05) is 0 Å². The number of alkyl halides is 2. The maximum Gasteiger partial charge on any atom is 0.330 e. The van der Waals surface area contributed by atoms with Crippen LogP contribution in [0.15, 0.2) is 0 Å². The van der Waals surface area contributed by atoms with Crippen molar-refractivity contribution in [2.24, 2.45) is 0 Å². The summed E-state index contributed by atoms with van der Waals surface area (Å²) in [6.45, 7) is 0. The van der Waals surface area contributed by atoms with E-state index in [1.54, 1.807) is 0 Å². The van der Waals surface area contributed by atoms with E-state index in [-0.39, 0.29) is 0 Å². The summed E-state index contributed by atoms with van der Waals surface area (Å²) < 4.78 is 8.74. The van der Waals surface area contributed by atoms with Gasteiger partial charge in [-0.1, -0.05) is 31.9 Å². The van der Waals surface area contributed by atoms with Crippen LogP contribution in [0.5, 0.6) is 0 Å². The van der Waals surface area contributed by atoms with E-state index in [2.05, 4.69) is 38.0 Å². The highest BCUT2D eigenvalue weighted by Crippen LogP contribution is 2.19. The second-order valence-electron chi connectivity index (χ2n) is 1.60. The Kier molecular flexibility index (Phi) is 7.53. The van der Waals surface area contributed by atoms with E-state index < -0.39 is 21.6 Å². The fourth-order valence-electron chi connectivity index (χ4n) is 0.324. The first kappa shape index (κ1) is 13.4. The summed E-state index contributed by atoms with van der Waals surface area (Å²) in [5, 5.41) is 0. The van der Waals surface area contributed by atoms with Crippen molar-refractivity contribution in [1.82, 2.24) is 0 Å². The first-order valence-corrected chi connectivity index (χ1v) is 6.07. The maximum absolute atomic E-state index is 10.9. The fourth-order valence-corrected chi connectivity index (χ4v) is 2.19. The molecule has 0 saturated carbocycles. The first-order valence-electron chi connectivity index (χ1n) is 2.47. The van der Waals surface area contributed by atoms with E-state index in [1.165, 1.54) is 46.0 Å². The molecule has 8 heteroatoms. The van der Waals surface area contributed by atoms with Crippen molar-refractivity contribution >= 4 is 89.8 Å². The largest absolute Gasteiger partial charge is 0.394 e. The normalized spacial score (nSPS) is 14.7. The van der Waals surface area contributed by atoms with Crippen LogP contribution in [0.3, 0.4) is 0 Å². The molecule has 0 bridgehead atoms. The van der Waals surface area contributed by atoms with E-state index in [0.717, 1.165) is 0 Å².